The van der Waals surface area contributed by atoms with Crippen molar-refractivity contribution in [3.05, 3.63) is 102 Å². The van der Waals surface area contributed by atoms with Crippen LogP contribution >= 0.6 is 11.8 Å². The quantitative estimate of drug-likeness (QED) is 0.00297. The highest BCUT2D eigenvalue weighted by Crippen LogP contribution is 2.43. The molecule has 1 unspecified atom stereocenters. The Bertz CT molecular complexity index is 5280. The Labute approximate surface area is 756 Å². The average Bonchev–Trinajstić information content (AvgIpc) is 1.03. The number of carbonyl (C=O) groups is 15. The molecule has 131 heavy (non-hydrogen) atoms. The van der Waals surface area contributed by atoms with Gasteiger partial charge in [0.2, 0.25) is 65.0 Å². The Balaban J connectivity index is 0.869. The van der Waals surface area contributed by atoms with Crippen LogP contribution < -0.4 is 75.5 Å². The molecular weight excluding hydrogens is 1780 g/mol. The number of nitrogens with zero attached hydrogens (tertiary/aromatic N) is 5. The first-order chi connectivity index (χ1) is 62.0. The van der Waals surface area contributed by atoms with E-state index in [1.54, 1.807) is 100 Å². The molecule has 0 aromatic heterocycles. The molecule has 8 rings (SSSR count). The van der Waals surface area contributed by atoms with E-state index >= 15 is 0 Å². The van der Waals surface area contributed by atoms with Gasteiger partial charge in [0.1, 0.15) is 45.7 Å². The number of hydrogen-bond donors (Lipinski definition) is 22. The first kappa shape index (κ1) is 103. The number of thioether (sulfide) groups is 1. The predicted octanol–water partition coefficient (Wildman–Crippen LogP) is -1.88. The van der Waals surface area contributed by atoms with Crippen molar-refractivity contribution in [1.29, 1.82) is 5.41 Å². The fourth-order valence-corrected chi connectivity index (χ4v) is 17.0. The number of guanidine groups is 1. The van der Waals surface area contributed by atoms with Gasteiger partial charge in [-0.1, -0.05) is 48.5 Å². The Morgan fingerprint density at radius 3 is 1.62 bits per heavy atom. The number of likely N-dealkylation sites (tertiary alicyclic amines) is 1. The van der Waals surface area contributed by atoms with Crippen molar-refractivity contribution in [3.63, 3.8) is 0 Å². The summed E-state index contributed by atoms with van der Waals surface area (Å²) < 4.78 is 68.6. The van der Waals surface area contributed by atoms with Crippen LogP contribution in [-0.2, 0) is 98.6 Å². The SMILES string of the molecule is Cc1cc(-c2ccc(NC(=O)[C@@H](CCCCNC(=O)CCN3C(=O)CC(SCC(=O)NCCCC[C@H]4NC(=O)[C@H](Cc5ccccc5)NC(=O)[C@H](CC(=O)O)NC(=O)CNC(=O)[C@H](CCCNC(=N)N)NC4=O)C3=O)NC(=O)CN3CCN(CC(=O)O)CCN(CC(=O)O)CCN(CC(=O)O)CC3)c(C)c2)ccc1NNc1ccc2c(S(=O)(=O)O)cc(S(=O)(=O)O)c(N)c2c1O. The van der Waals surface area contributed by atoms with Gasteiger partial charge in [-0.3, -0.25) is 116 Å². The normalized spacial score (nSPS) is 18.4. The van der Waals surface area contributed by atoms with E-state index in [2.05, 4.69) is 64.0 Å². The Morgan fingerprint density at radius 2 is 1.06 bits per heavy atom. The lowest BCUT2D eigenvalue weighted by Crippen LogP contribution is -2.58. The van der Waals surface area contributed by atoms with Crippen molar-refractivity contribution in [3.8, 4) is 16.9 Å². The molecule has 0 aliphatic carbocycles. The summed E-state index contributed by atoms with van der Waals surface area (Å²) >= 11 is 0.896. The van der Waals surface area contributed by atoms with E-state index in [9.17, 15) is 123 Å². The molecule has 3 heterocycles. The standard InChI is InChI=1S/C82H110N20O26S3/c1-47-35-50(51-17-20-54(48(2)36-51)96-97-55-21-18-52-62(130(123,124)125)40-63(131(126,127)128)74(83)73(52)75(55)116)16-19-53(47)92-77(118)57(90-66(105)42-98-27-29-99(43-70(110)111)31-33-101(45-72(114)115)34-32-100(30-28-98)44-71(112)113)13-6-8-23-86-64(103)22-26-102-68(107)39-61(81(102)122)129-46-67(106)87-24-9-7-14-58-78(119)93-56(15-10-25-88-82(84)85)76(117)89-41-65(104)91-60(38-69(108)109)80(121)95-59(79(120)94-58)37-49-11-4-3-5-12-49/h3-5,11-12,16-21,35-36,40,56-61,96-97,116H,6-10,13-15,22-34,37-39,41-46,83H2,1-2H3,(H,86,103)(H,87,106)(H,89,117)(H,90,105)(H,91,104)(H,92,118)(H,93,119)(H,94,120)(H,95,121)(H,108,109)(H,110,111)(H,112,113)(H,114,115)(H4,84,85,88)(H,123,124,125)(H,126,127,128)/t56-,57+,58+,59-,60-,61?/m0/s1. The summed E-state index contributed by atoms with van der Waals surface area (Å²) in [6.45, 7) is 1.85. The molecule has 3 aliphatic rings. The summed E-state index contributed by atoms with van der Waals surface area (Å²) in [7, 11) is -10.3. The number of carbonyl (C=O) groups excluding carboxylic acids is 11. The number of nitrogen functional groups attached to an aromatic ring is 1. The lowest BCUT2D eigenvalue weighted by molar-refractivity contribution is -0.141. The van der Waals surface area contributed by atoms with Crippen LogP contribution in [-0.4, -0.2) is 323 Å². The molecule has 3 fully saturated rings. The number of hydrazine groups is 1. The Kier molecular flexibility index (Phi) is 38.9. The Hall–Kier alpha value is -12.9. The summed E-state index contributed by atoms with van der Waals surface area (Å²) in [6.07, 6.45) is -0.794. The number of benzene rings is 5. The number of unbranched alkanes of at least 4 members (excludes halogenated alkanes) is 2. The van der Waals surface area contributed by atoms with Crippen LogP contribution in [0.3, 0.4) is 0 Å². The maximum atomic E-state index is 14.6. The summed E-state index contributed by atoms with van der Waals surface area (Å²) in [5.74, 6) is -14.4. The van der Waals surface area contributed by atoms with Crippen molar-refractivity contribution in [2.75, 3.05) is 139 Å². The number of amides is 11. The number of carboxylic acids is 4. The van der Waals surface area contributed by atoms with E-state index in [4.69, 9.17) is 16.9 Å². The maximum absolute atomic E-state index is 14.6. The molecule has 11 amide bonds. The van der Waals surface area contributed by atoms with E-state index in [0.29, 0.717) is 45.3 Å². The molecular formula is C82H110N20O26S3. The zero-order chi connectivity index (χ0) is 96.0. The van der Waals surface area contributed by atoms with Gasteiger partial charge in [-0.25, -0.2) is 0 Å². The topological polar surface area (TPSA) is 702 Å². The van der Waals surface area contributed by atoms with Crippen LogP contribution in [0.15, 0.2) is 94.7 Å². The van der Waals surface area contributed by atoms with Crippen LogP contribution in [0.4, 0.5) is 22.7 Å². The van der Waals surface area contributed by atoms with E-state index in [-0.39, 0.29) is 185 Å². The fourth-order valence-electron chi connectivity index (χ4n) is 14.6. The van der Waals surface area contributed by atoms with Crippen LogP contribution in [0.5, 0.6) is 5.75 Å². The van der Waals surface area contributed by atoms with E-state index in [0.717, 1.165) is 22.7 Å². The number of hydrogen-bond acceptors (Lipinski definition) is 29. The Morgan fingerprint density at radius 1 is 0.557 bits per heavy atom. The first-order valence-corrected chi connectivity index (χ1v) is 45.7. The summed E-state index contributed by atoms with van der Waals surface area (Å²) in [6, 6.07) is 14.5. The van der Waals surface area contributed by atoms with Crippen molar-refractivity contribution >= 4 is 160 Å². The predicted molar refractivity (Wildman–Crippen MR) is 476 cm³/mol. The largest absolute Gasteiger partial charge is 0.505 e. The van der Waals surface area contributed by atoms with Gasteiger partial charge in [-0.05, 0) is 129 Å². The van der Waals surface area contributed by atoms with Crippen LogP contribution in [0.1, 0.15) is 87.3 Å². The third-order valence-corrected chi connectivity index (χ3v) is 24.5. The third-order valence-electron chi connectivity index (χ3n) is 21.5. The molecule has 0 spiro atoms. The van der Waals surface area contributed by atoms with Gasteiger partial charge in [-0.15, -0.1) is 11.8 Å². The van der Waals surface area contributed by atoms with Crippen LogP contribution in [0.25, 0.3) is 21.9 Å². The molecule has 49 heteroatoms. The summed E-state index contributed by atoms with van der Waals surface area (Å²) in [5, 5.41) is 82.0. The zero-order valence-electron chi connectivity index (χ0n) is 71.8. The van der Waals surface area contributed by atoms with Crippen molar-refractivity contribution < 1.29 is 123 Å². The molecule has 3 saturated heterocycles. The second kappa shape index (κ2) is 49.2. The first-order valence-electron chi connectivity index (χ1n) is 41.7. The van der Waals surface area contributed by atoms with Crippen LogP contribution in [0.2, 0.25) is 0 Å². The number of nitrogens with one attached hydrogen (secondary N) is 13. The number of phenolic OH excluding ortho intramolecular Hbond substituents is 1. The number of aliphatic carboxylic acids is 4. The maximum Gasteiger partial charge on any atom is 0.317 e. The lowest BCUT2D eigenvalue weighted by Gasteiger charge is -2.33. The minimum atomic E-state index is -5.16. The van der Waals surface area contributed by atoms with Crippen LogP contribution in [0, 0.1) is 19.3 Å². The number of aryl methyl sites for hydroxylation is 2. The number of imide groups is 1. The highest BCUT2D eigenvalue weighted by molar-refractivity contribution is 8.01. The number of aromatic hydroxyl groups is 1. The van der Waals surface area contributed by atoms with Crippen molar-refractivity contribution in [2.24, 2.45) is 5.73 Å². The number of carboxylic acid groups (broad SMARTS) is 4. The van der Waals surface area contributed by atoms with Gasteiger partial charge in [0.15, 0.2) is 5.96 Å². The zero-order valence-corrected chi connectivity index (χ0v) is 74.2. The number of fused-ring (bicyclic) bond motifs is 1. The number of phenols is 1. The van der Waals surface area contributed by atoms with Gasteiger partial charge in [-0.2, -0.15) is 16.8 Å². The van der Waals surface area contributed by atoms with E-state index < -0.39 is 197 Å². The highest BCUT2D eigenvalue weighted by atomic mass is 32.2. The lowest BCUT2D eigenvalue weighted by atomic mass is 9.99. The molecule has 712 valence electrons. The van der Waals surface area contributed by atoms with Gasteiger partial charge in [0.05, 0.1) is 72.6 Å². The monoisotopic (exact) mass is 1890 g/mol. The number of nitrogens with two attached hydrogens (primary N) is 2. The summed E-state index contributed by atoms with van der Waals surface area (Å²) in [4.78, 5) is 204. The molecule has 0 radical (unpaired) electrons. The third kappa shape index (κ3) is 32.9. The van der Waals surface area contributed by atoms with Gasteiger partial charge in [0, 0.05) is 109 Å². The van der Waals surface area contributed by atoms with E-state index in [1.165, 1.54) is 6.07 Å². The molecule has 5 aromatic carbocycles. The molecule has 46 nitrogen and oxygen atoms in total. The highest BCUT2D eigenvalue weighted by Gasteiger charge is 2.40. The van der Waals surface area contributed by atoms with E-state index in [1.807, 2.05) is 0 Å². The molecule has 3 aliphatic heterocycles. The second-order valence-corrected chi connectivity index (χ2v) is 35.4. The smallest absolute Gasteiger partial charge is 0.317 e. The minimum Gasteiger partial charge on any atom is -0.505 e. The van der Waals surface area contributed by atoms with Crippen molar-refractivity contribution in [1.82, 2.24) is 72.4 Å². The molecule has 5 aromatic rings. The van der Waals surface area contributed by atoms with Gasteiger partial charge < -0.3 is 95.6 Å². The molecule has 0 bridgehead atoms. The molecule has 0 saturated carbocycles. The number of anilines is 4. The number of rotatable bonds is 41. The fraction of sp³-hybridized carbons (Fsp3) is 0.463. The van der Waals surface area contributed by atoms with Crippen molar-refractivity contribution in [2.45, 2.75) is 136 Å². The second-order valence-electron chi connectivity index (χ2n) is 31.4. The van der Waals surface area contributed by atoms with Gasteiger partial charge in [0.25, 0.3) is 20.2 Å². The average molecular weight is 1890 g/mol. The molecule has 24 N–H and O–H groups in total. The summed E-state index contributed by atoms with van der Waals surface area (Å²) in [5.41, 5.74) is 20.2. The molecule has 6 atom stereocenters. The minimum absolute atomic E-state index is 0.000868. The van der Waals surface area contributed by atoms with Gasteiger partial charge >= 0.3 is 23.9 Å².